The van der Waals surface area contributed by atoms with Crippen molar-refractivity contribution in [2.45, 2.75) is 30.3 Å². The smallest absolute Gasteiger partial charge is 0.243 e. The fraction of sp³-hybridized carbons (Fsp3) is 0.214. The van der Waals surface area contributed by atoms with E-state index in [9.17, 15) is 13.7 Å². The van der Waals surface area contributed by atoms with Crippen LogP contribution in [0.5, 0.6) is 0 Å². The zero-order valence-electron chi connectivity index (χ0n) is 19.8. The number of nitriles is 1. The number of aromatic nitrogens is 2. The van der Waals surface area contributed by atoms with Gasteiger partial charge in [-0.25, -0.2) is 13.4 Å². The van der Waals surface area contributed by atoms with E-state index in [0.29, 0.717) is 38.0 Å². The molecule has 0 spiro atoms. The molecule has 0 radical (unpaired) electrons. The highest BCUT2D eigenvalue weighted by molar-refractivity contribution is 7.89. The summed E-state index contributed by atoms with van der Waals surface area (Å²) in [5.41, 5.74) is 4.58. The number of anilines is 1. The Bertz CT molecular complexity index is 1450. The topological polar surface area (TPSA) is 93.1 Å². The van der Waals surface area contributed by atoms with Gasteiger partial charge < -0.3 is 9.88 Å². The Kier molecular flexibility index (Phi) is 6.85. The standard InChI is InChI=1S/C28H27N5O2S/c29-17-23-11-12-28-24(15-23)16-26(20-32(28)19-25-18-30-21-31-25)33(14-13-22-7-3-1-4-8-22)36(34,35)27-9-5-2-6-10-27/h1-12,15,18,21,26H,13-14,16,19-20H2,(H,30,31). The van der Waals surface area contributed by atoms with E-state index < -0.39 is 10.0 Å². The number of nitrogens with one attached hydrogen (secondary N) is 1. The van der Waals surface area contributed by atoms with E-state index in [1.807, 2.05) is 54.6 Å². The molecule has 0 fully saturated rings. The van der Waals surface area contributed by atoms with Crippen LogP contribution in [0.3, 0.4) is 0 Å². The van der Waals surface area contributed by atoms with Crippen LogP contribution in [0.2, 0.25) is 0 Å². The predicted octanol–water partition coefficient (Wildman–Crippen LogP) is 4.15. The van der Waals surface area contributed by atoms with Crippen molar-refractivity contribution in [3.05, 3.63) is 114 Å². The molecule has 2 heterocycles. The van der Waals surface area contributed by atoms with Crippen LogP contribution in [0, 0.1) is 11.3 Å². The van der Waals surface area contributed by atoms with Crippen molar-refractivity contribution >= 4 is 15.7 Å². The first-order chi connectivity index (χ1) is 17.5. The van der Waals surface area contributed by atoms with E-state index in [4.69, 9.17) is 0 Å². The highest BCUT2D eigenvalue weighted by Gasteiger charge is 2.36. The second kappa shape index (κ2) is 10.4. The van der Waals surface area contributed by atoms with Crippen LogP contribution in [0.1, 0.15) is 22.4 Å². The summed E-state index contributed by atoms with van der Waals surface area (Å²) in [6.45, 7) is 1.45. The number of nitrogens with zero attached hydrogens (tertiary/aromatic N) is 4. The lowest BCUT2D eigenvalue weighted by Crippen LogP contribution is -2.51. The van der Waals surface area contributed by atoms with Crippen LogP contribution in [0.25, 0.3) is 0 Å². The molecular formula is C28H27N5O2S. The molecule has 0 aliphatic carbocycles. The fourth-order valence-electron chi connectivity index (χ4n) is 4.83. The Morgan fingerprint density at radius 1 is 1.06 bits per heavy atom. The minimum atomic E-state index is -3.75. The minimum absolute atomic E-state index is 0.287. The van der Waals surface area contributed by atoms with Crippen LogP contribution in [0.4, 0.5) is 5.69 Å². The third kappa shape index (κ3) is 5.03. The zero-order valence-corrected chi connectivity index (χ0v) is 20.6. The maximum Gasteiger partial charge on any atom is 0.243 e. The molecule has 1 aromatic heterocycles. The number of fused-ring (bicyclic) bond motifs is 1. The molecule has 0 bridgehead atoms. The van der Waals surface area contributed by atoms with Crippen molar-refractivity contribution in [1.82, 2.24) is 14.3 Å². The van der Waals surface area contributed by atoms with Gasteiger partial charge in [-0.3, -0.25) is 0 Å². The van der Waals surface area contributed by atoms with Crippen molar-refractivity contribution in [2.24, 2.45) is 0 Å². The van der Waals surface area contributed by atoms with Gasteiger partial charge in [-0.15, -0.1) is 0 Å². The molecule has 36 heavy (non-hydrogen) atoms. The van der Waals surface area contributed by atoms with Crippen molar-refractivity contribution in [1.29, 1.82) is 5.26 Å². The van der Waals surface area contributed by atoms with Gasteiger partial charge in [0.25, 0.3) is 0 Å². The van der Waals surface area contributed by atoms with E-state index in [-0.39, 0.29) is 10.9 Å². The summed E-state index contributed by atoms with van der Waals surface area (Å²) in [6.07, 6.45) is 4.56. The van der Waals surface area contributed by atoms with Crippen LogP contribution < -0.4 is 4.90 Å². The second-order valence-electron chi connectivity index (χ2n) is 8.94. The largest absolute Gasteiger partial charge is 0.364 e. The molecule has 1 aliphatic rings. The van der Waals surface area contributed by atoms with E-state index in [0.717, 1.165) is 22.5 Å². The summed E-state index contributed by atoms with van der Waals surface area (Å²) < 4.78 is 29.6. The molecule has 3 aromatic carbocycles. The normalized spacial score (nSPS) is 15.4. The number of benzene rings is 3. The molecular weight excluding hydrogens is 470 g/mol. The molecule has 1 unspecified atom stereocenters. The number of hydrogen-bond donors (Lipinski definition) is 1. The van der Waals surface area contributed by atoms with Gasteiger partial charge in [-0.2, -0.15) is 9.57 Å². The van der Waals surface area contributed by atoms with E-state index in [1.54, 1.807) is 41.1 Å². The first-order valence-corrected chi connectivity index (χ1v) is 13.3. The average Bonchev–Trinajstić information content (AvgIpc) is 3.42. The Morgan fingerprint density at radius 2 is 1.81 bits per heavy atom. The lowest BCUT2D eigenvalue weighted by atomic mass is 9.95. The number of imidazole rings is 1. The molecule has 8 heteroatoms. The van der Waals surface area contributed by atoms with Gasteiger partial charge in [-0.1, -0.05) is 48.5 Å². The number of hydrogen-bond acceptors (Lipinski definition) is 5. The summed E-state index contributed by atoms with van der Waals surface area (Å²) in [4.78, 5) is 9.74. The van der Waals surface area contributed by atoms with Gasteiger partial charge >= 0.3 is 0 Å². The Balaban J connectivity index is 1.53. The fourth-order valence-corrected chi connectivity index (χ4v) is 6.47. The summed E-state index contributed by atoms with van der Waals surface area (Å²) in [7, 11) is -3.75. The summed E-state index contributed by atoms with van der Waals surface area (Å²) >= 11 is 0. The lowest BCUT2D eigenvalue weighted by Gasteiger charge is -2.40. The molecule has 1 atom stereocenters. The van der Waals surface area contributed by atoms with Gasteiger partial charge in [-0.05, 0) is 54.3 Å². The predicted molar refractivity (Wildman–Crippen MR) is 139 cm³/mol. The molecule has 1 N–H and O–H groups in total. The third-order valence-corrected chi connectivity index (χ3v) is 8.54. The minimum Gasteiger partial charge on any atom is -0.364 e. The SMILES string of the molecule is N#Cc1ccc2c(c1)CC(N(CCc1ccccc1)S(=O)(=O)c1ccccc1)CN2Cc1cnc[nH]1. The van der Waals surface area contributed by atoms with Crippen molar-refractivity contribution in [2.75, 3.05) is 18.0 Å². The van der Waals surface area contributed by atoms with E-state index in [2.05, 4.69) is 20.9 Å². The number of aromatic amines is 1. The molecule has 5 rings (SSSR count). The Labute approximate surface area is 211 Å². The van der Waals surface area contributed by atoms with Crippen molar-refractivity contribution in [3.8, 4) is 6.07 Å². The lowest BCUT2D eigenvalue weighted by molar-refractivity contribution is 0.311. The van der Waals surface area contributed by atoms with Gasteiger partial charge in [0, 0.05) is 31.0 Å². The molecule has 4 aromatic rings. The molecule has 1 aliphatic heterocycles. The summed E-state index contributed by atoms with van der Waals surface area (Å²) in [5, 5.41) is 9.49. The first kappa shape index (κ1) is 23.8. The second-order valence-corrected chi connectivity index (χ2v) is 10.8. The Morgan fingerprint density at radius 3 is 2.50 bits per heavy atom. The molecule has 0 amide bonds. The number of rotatable bonds is 8. The summed E-state index contributed by atoms with van der Waals surface area (Å²) in [5.74, 6) is 0. The van der Waals surface area contributed by atoms with Gasteiger partial charge in [0.2, 0.25) is 10.0 Å². The van der Waals surface area contributed by atoms with Crippen LogP contribution in [0.15, 0.2) is 96.3 Å². The quantitative estimate of drug-likeness (QED) is 0.395. The Hall–Kier alpha value is -3.93. The average molecular weight is 498 g/mol. The van der Waals surface area contributed by atoms with Crippen molar-refractivity contribution in [3.63, 3.8) is 0 Å². The van der Waals surface area contributed by atoms with E-state index >= 15 is 0 Å². The summed E-state index contributed by atoms with van der Waals surface area (Å²) in [6, 6.07) is 26.1. The van der Waals surface area contributed by atoms with E-state index in [1.165, 1.54) is 0 Å². The highest BCUT2D eigenvalue weighted by atomic mass is 32.2. The van der Waals surface area contributed by atoms with Crippen molar-refractivity contribution < 1.29 is 8.42 Å². The first-order valence-electron chi connectivity index (χ1n) is 11.9. The molecule has 0 saturated heterocycles. The highest BCUT2D eigenvalue weighted by Crippen LogP contribution is 2.33. The van der Waals surface area contributed by atoms with Gasteiger partial charge in [0.15, 0.2) is 0 Å². The zero-order chi connectivity index (χ0) is 25.0. The maximum atomic E-state index is 14.0. The third-order valence-electron chi connectivity index (χ3n) is 6.57. The molecule has 0 saturated carbocycles. The number of sulfonamides is 1. The van der Waals surface area contributed by atoms with Crippen LogP contribution >= 0.6 is 0 Å². The van der Waals surface area contributed by atoms with Crippen LogP contribution in [-0.2, 0) is 29.4 Å². The number of H-pyrrole nitrogens is 1. The van der Waals surface area contributed by atoms with Gasteiger partial charge in [0.1, 0.15) is 0 Å². The van der Waals surface area contributed by atoms with Gasteiger partial charge in [0.05, 0.1) is 35.1 Å². The molecule has 7 nitrogen and oxygen atoms in total. The van der Waals surface area contributed by atoms with Crippen LogP contribution in [-0.4, -0.2) is 41.8 Å². The monoisotopic (exact) mass is 497 g/mol. The maximum absolute atomic E-state index is 14.0. The molecule has 182 valence electrons.